The van der Waals surface area contributed by atoms with Gasteiger partial charge >= 0.3 is 0 Å². The molecule has 3 rings (SSSR count). The molecule has 0 saturated heterocycles. The van der Waals surface area contributed by atoms with Gasteiger partial charge in [-0.2, -0.15) is 0 Å². The average Bonchev–Trinajstić information content (AvgIpc) is 2.75. The minimum atomic E-state index is -0.431. The standard InChI is InChI=1S/C25H27NO/c1-21(12-11-19-27)20-26-25(22-13-5-2-6-14-22,23-15-7-3-8-16-23)24-17-9-4-10-18-24/h2-10,13-19,21,26H,11-12,20H2,1H3. The van der Waals surface area contributed by atoms with Crippen molar-refractivity contribution >= 4 is 6.29 Å². The van der Waals surface area contributed by atoms with E-state index in [1.165, 1.54) is 16.7 Å². The SMILES string of the molecule is CC(CCC=O)CNC(c1ccccc1)(c1ccccc1)c1ccccc1. The Hall–Kier alpha value is -2.71. The van der Waals surface area contributed by atoms with E-state index in [1.807, 2.05) is 0 Å². The second kappa shape index (κ2) is 9.29. The first-order valence-corrected chi connectivity index (χ1v) is 9.62. The summed E-state index contributed by atoms with van der Waals surface area (Å²) >= 11 is 0. The van der Waals surface area contributed by atoms with Crippen molar-refractivity contribution < 1.29 is 4.79 Å². The van der Waals surface area contributed by atoms with Crippen LogP contribution in [0.1, 0.15) is 36.5 Å². The number of hydrogen-bond donors (Lipinski definition) is 1. The third-order valence-corrected chi connectivity index (χ3v) is 5.11. The van der Waals surface area contributed by atoms with E-state index in [-0.39, 0.29) is 0 Å². The van der Waals surface area contributed by atoms with Crippen LogP contribution in [0.4, 0.5) is 0 Å². The Morgan fingerprint density at radius 1 is 0.778 bits per heavy atom. The molecule has 0 heterocycles. The van der Waals surface area contributed by atoms with Crippen molar-refractivity contribution in [3.8, 4) is 0 Å². The highest BCUT2D eigenvalue weighted by molar-refractivity contribution is 5.50. The van der Waals surface area contributed by atoms with Gasteiger partial charge in [-0.3, -0.25) is 5.32 Å². The van der Waals surface area contributed by atoms with Crippen LogP contribution in [0.3, 0.4) is 0 Å². The number of benzene rings is 3. The molecular weight excluding hydrogens is 330 g/mol. The van der Waals surface area contributed by atoms with Crippen LogP contribution in [-0.4, -0.2) is 12.8 Å². The molecule has 138 valence electrons. The van der Waals surface area contributed by atoms with Gasteiger partial charge in [-0.15, -0.1) is 0 Å². The molecule has 3 aromatic carbocycles. The molecule has 1 atom stereocenters. The second-order valence-electron chi connectivity index (χ2n) is 7.08. The van der Waals surface area contributed by atoms with Crippen LogP contribution in [-0.2, 0) is 10.3 Å². The highest BCUT2D eigenvalue weighted by Crippen LogP contribution is 2.36. The van der Waals surface area contributed by atoms with Crippen LogP contribution in [0.5, 0.6) is 0 Å². The van der Waals surface area contributed by atoms with Crippen molar-refractivity contribution in [3.63, 3.8) is 0 Å². The third kappa shape index (κ3) is 4.35. The Morgan fingerprint density at radius 2 is 1.19 bits per heavy atom. The summed E-state index contributed by atoms with van der Waals surface area (Å²) < 4.78 is 0. The lowest BCUT2D eigenvalue weighted by Crippen LogP contribution is -2.46. The molecule has 0 fully saturated rings. The summed E-state index contributed by atoms with van der Waals surface area (Å²) in [5.41, 5.74) is 3.21. The predicted octanol–water partition coefficient (Wildman–Crippen LogP) is 5.18. The molecule has 2 heteroatoms. The zero-order valence-corrected chi connectivity index (χ0v) is 15.8. The number of carbonyl (C=O) groups is 1. The summed E-state index contributed by atoms with van der Waals surface area (Å²) in [6.07, 6.45) is 2.51. The van der Waals surface area contributed by atoms with Gasteiger partial charge in [0, 0.05) is 6.42 Å². The fraction of sp³-hybridized carbons (Fsp3) is 0.240. The van der Waals surface area contributed by atoms with Gasteiger partial charge < -0.3 is 4.79 Å². The number of carbonyl (C=O) groups excluding carboxylic acids is 1. The molecule has 0 aliphatic heterocycles. The lowest BCUT2D eigenvalue weighted by molar-refractivity contribution is -0.108. The Balaban J connectivity index is 2.09. The predicted molar refractivity (Wildman–Crippen MR) is 112 cm³/mol. The van der Waals surface area contributed by atoms with Crippen LogP contribution in [0.25, 0.3) is 0 Å². The Kier molecular flexibility index (Phi) is 6.56. The molecule has 0 aliphatic carbocycles. The average molecular weight is 357 g/mol. The van der Waals surface area contributed by atoms with Crippen LogP contribution in [0.2, 0.25) is 0 Å². The van der Waals surface area contributed by atoms with E-state index >= 15 is 0 Å². The maximum absolute atomic E-state index is 10.8. The summed E-state index contributed by atoms with van der Waals surface area (Å²) in [7, 11) is 0. The maximum Gasteiger partial charge on any atom is 0.120 e. The quantitative estimate of drug-likeness (QED) is 0.422. The summed E-state index contributed by atoms with van der Waals surface area (Å²) in [5, 5.41) is 3.87. The largest absolute Gasteiger partial charge is 0.303 e. The van der Waals surface area contributed by atoms with Gasteiger partial charge in [-0.1, -0.05) is 97.9 Å². The Morgan fingerprint density at radius 3 is 1.56 bits per heavy atom. The zero-order valence-electron chi connectivity index (χ0n) is 15.8. The van der Waals surface area contributed by atoms with Gasteiger partial charge in [0.2, 0.25) is 0 Å². The van der Waals surface area contributed by atoms with Gasteiger partial charge in [-0.05, 0) is 35.6 Å². The molecule has 3 aromatic rings. The van der Waals surface area contributed by atoms with E-state index in [1.54, 1.807) is 0 Å². The highest BCUT2D eigenvalue weighted by Gasteiger charge is 2.35. The first-order valence-electron chi connectivity index (χ1n) is 9.62. The van der Waals surface area contributed by atoms with Gasteiger partial charge in [0.1, 0.15) is 6.29 Å². The summed E-state index contributed by atoms with van der Waals surface area (Å²) in [6, 6.07) is 31.8. The maximum atomic E-state index is 10.8. The minimum Gasteiger partial charge on any atom is -0.303 e. The fourth-order valence-electron chi connectivity index (χ4n) is 3.65. The van der Waals surface area contributed by atoms with Crippen LogP contribution in [0.15, 0.2) is 91.0 Å². The first kappa shape index (κ1) is 19.1. The molecular formula is C25H27NO. The molecule has 0 aliphatic rings. The number of aldehydes is 1. The molecule has 0 saturated carbocycles. The lowest BCUT2D eigenvalue weighted by atomic mass is 9.76. The molecule has 2 nitrogen and oxygen atoms in total. The van der Waals surface area contributed by atoms with Crippen molar-refractivity contribution in [1.29, 1.82) is 0 Å². The molecule has 1 N–H and O–H groups in total. The molecule has 0 amide bonds. The number of nitrogens with one attached hydrogen (secondary N) is 1. The number of rotatable bonds is 9. The normalized spacial score (nSPS) is 12.5. The highest BCUT2D eigenvalue weighted by atomic mass is 16.1. The summed E-state index contributed by atoms with van der Waals surface area (Å²) in [4.78, 5) is 10.8. The summed E-state index contributed by atoms with van der Waals surface area (Å²) in [6.45, 7) is 3.02. The molecule has 27 heavy (non-hydrogen) atoms. The fourth-order valence-corrected chi connectivity index (χ4v) is 3.65. The first-order chi connectivity index (χ1) is 13.3. The van der Waals surface area contributed by atoms with Crippen LogP contribution < -0.4 is 5.32 Å². The summed E-state index contributed by atoms with van der Waals surface area (Å²) in [5.74, 6) is 0.408. The van der Waals surface area contributed by atoms with E-state index in [0.717, 1.165) is 19.3 Å². The lowest BCUT2D eigenvalue weighted by Gasteiger charge is -2.38. The van der Waals surface area contributed by atoms with E-state index in [0.29, 0.717) is 12.3 Å². The van der Waals surface area contributed by atoms with Crippen molar-refractivity contribution in [2.45, 2.75) is 25.3 Å². The molecule has 0 bridgehead atoms. The van der Waals surface area contributed by atoms with Crippen LogP contribution >= 0.6 is 0 Å². The monoisotopic (exact) mass is 357 g/mol. The van der Waals surface area contributed by atoms with Crippen LogP contribution in [0, 0.1) is 5.92 Å². The van der Waals surface area contributed by atoms with Gasteiger partial charge in [0.05, 0.1) is 5.54 Å². The van der Waals surface area contributed by atoms with Gasteiger partial charge in [-0.25, -0.2) is 0 Å². The smallest absolute Gasteiger partial charge is 0.120 e. The topological polar surface area (TPSA) is 29.1 Å². The molecule has 1 unspecified atom stereocenters. The molecule has 0 radical (unpaired) electrons. The van der Waals surface area contributed by atoms with E-state index in [4.69, 9.17) is 0 Å². The van der Waals surface area contributed by atoms with Crippen molar-refractivity contribution in [2.24, 2.45) is 5.92 Å². The van der Waals surface area contributed by atoms with E-state index < -0.39 is 5.54 Å². The Bertz CT molecular complexity index is 718. The van der Waals surface area contributed by atoms with E-state index in [2.05, 4.69) is 103 Å². The van der Waals surface area contributed by atoms with Gasteiger partial charge in [0.15, 0.2) is 0 Å². The molecule has 0 aromatic heterocycles. The Labute approximate surface area is 162 Å². The number of hydrogen-bond acceptors (Lipinski definition) is 2. The second-order valence-corrected chi connectivity index (χ2v) is 7.08. The zero-order chi connectivity index (χ0) is 19.0. The van der Waals surface area contributed by atoms with Crippen molar-refractivity contribution in [1.82, 2.24) is 5.32 Å². The van der Waals surface area contributed by atoms with Gasteiger partial charge in [0.25, 0.3) is 0 Å². The molecule has 0 spiro atoms. The minimum absolute atomic E-state index is 0.408. The van der Waals surface area contributed by atoms with E-state index in [9.17, 15) is 4.79 Å². The van der Waals surface area contributed by atoms with Crippen molar-refractivity contribution in [2.75, 3.05) is 6.54 Å². The third-order valence-electron chi connectivity index (χ3n) is 5.11. The van der Waals surface area contributed by atoms with Crippen molar-refractivity contribution in [3.05, 3.63) is 108 Å².